The number of carbonyl (C=O) groups is 4. The van der Waals surface area contributed by atoms with E-state index in [0.717, 1.165) is 5.56 Å². The van der Waals surface area contributed by atoms with Crippen molar-refractivity contribution in [3.8, 4) is 0 Å². The maximum Gasteiger partial charge on any atom is 0.261 e. The van der Waals surface area contributed by atoms with Crippen LogP contribution in [0.1, 0.15) is 49.5 Å². The Labute approximate surface area is 181 Å². The molecule has 0 aromatic heterocycles. The number of rotatable bonds is 5. The van der Waals surface area contributed by atoms with Gasteiger partial charge in [0.15, 0.2) is 0 Å². The lowest BCUT2D eigenvalue weighted by Gasteiger charge is -2.35. The molecule has 4 rings (SSSR count). The Kier molecular flexibility index (Phi) is 5.84. The van der Waals surface area contributed by atoms with Gasteiger partial charge in [0.1, 0.15) is 0 Å². The summed E-state index contributed by atoms with van der Waals surface area (Å²) in [6.07, 6.45) is 0.686. The Morgan fingerprint density at radius 3 is 1.97 bits per heavy atom. The van der Waals surface area contributed by atoms with Crippen LogP contribution in [0.4, 0.5) is 0 Å². The predicted molar refractivity (Wildman–Crippen MR) is 115 cm³/mol. The number of benzene rings is 2. The highest BCUT2D eigenvalue weighted by Gasteiger charge is 2.34. The molecule has 0 bridgehead atoms. The normalized spacial score (nSPS) is 16.0. The molecule has 2 aromatic carbocycles. The standard InChI is InChI=1S/C24H25N3O4/c1-17-7-2-3-8-18(17)22(29)26-15-13-25(14-16-26)21(28)11-6-12-27-23(30)19-9-4-5-10-20(19)24(27)31/h2-5,7-10H,6,11-16H2,1H3. The molecule has 0 spiro atoms. The van der Waals surface area contributed by atoms with E-state index in [1.807, 2.05) is 31.2 Å². The molecular formula is C24H25N3O4. The van der Waals surface area contributed by atoms with E-state index in [-0.39, 0.29) is 36.6 Å². The Morgan fingerprint density at radius 1 is 0.806 bits per heavy atom. The fraction of sp³-hybridized carbons (Fsp3) is 0.333. The van der Waals surface area contributed by atoms with Gasteiger partial charge in [-0.25, -0.2) is 0 Å². The number of hydrogen-bond acceptors (Lipinski definition) is 4. The van der Waals surface area contributed by atoms with Gasteiger partial charge in [-0.3, -0.25) is 24.1 Å². The summed E-state index contributed by atoms with van der Waals surface area (Å²) in [5.41, 5.74) is 2.49. The highest BCUT2D eigenvalue weighted by atomic mass is 16.2. The molecule has 2 aliphatic heterocycles. The Bertz CT molecular complexity index is 1010. The second-order valence-electron chi connectivity index (χ2n) is 7.90. The fourth-order valence-electron chi connectivity index (χ4n) is 4.13. The highest BCUT2D eigenvalue weighted by Crippen LogP contribution is 2.23. The average Bonchev–Trinajstić information content (AvgIpc) is 3.04. The van der Waals surface area contributed by atoms with Crippen LogP contribution in [0.15, 0.2) is 48.5 Å². The van der Waals surface area contributed by atoms with Gasteiger partial charge in [0.25, 0.3) is 17.7 Å². The largest absolute Gasteiger partial charge is 0.339 e. The van der Waals surface area contributed by atoms with Crippen LogP contribution in [0.3, 0.4) is 0 Å². The molecule has 31 heavy (non-hydrogen) atoms. The number of imide groups is 1. The molecule has 4 amide bonds. The van der Waals surface area contributed by atoms with Crippen molar-refractivity contribution in [1.82, 2.24) is 14.7 Å². The van der Waals surface area contributed by atoms with Crippen molar-refractivity contribution >= 4 is 23.6 Å². The first-order valence-corrected chi connectivity index (χ1v) is 10.6. The zero-order chi connectivity index (χ0) is 22.0. The minimum Gasteiger partial charge on any atom is -0.339 e. The van der Waals surface area contributed by atoms with Crippen LogP contribution in [0.25, 0.3) is 0 Å². The van der Waals surface area contributed by atoms with Gasteiger partial charge in [0, 0.05) is 44.7 Å². The molecule has 0 radical (unpaired) electrons. The molecule has 2 aliphatic rings. The predicted octanol–water partition coefficient (Wildman–Crippen LogP) is 2.36. The number of carbonyl (C=O) groups excluding carboxylic acids is 4. The third-order valence-electron chi connectivity index (χ3n) is 5.95. The van der Waals surface area contributed by atoms with Crippen LogP contribution in [0, 0.1) is 6.92 Å². The SMILES string of the molecule is Cc1ccccc1C(=O)N1CCN(C(=O)CCCN2C(=O)c3ccccc3C2=O)CC1. The topological polar surface area (TPSA) is 78.0 Å². The Balaban J connectivity index is 1.25. The molecular weight excluding hydrogens is 394 g/mol. The van der Waals surface area contributed by atoms with E-state index in [1.54, 1.807) is 34.1 Å². The van der Waals surface area contributed by atoms with Gasteiger partial charge in [-0.15, -0.1) is 0 Å². The summed E-state index contributed by atoms with van der Waals surface area (Å²) in [7, 11) is 0. The van der Waals surface area contributed by atoms with Gasteiger partial charge in [0.05, 0.1) is 11.1 Å². The number of nitrogens with zero attached hydrogens (tertiary/aromatic N) is 3. The summed E-state index contributed by atoms with van der Waals surface area (Å²) in [6.45, 7) is 4.12. The molecule has 0 unspecified atom stereocenters. The van der Waals surface area contributed by atoms with Crippen LogP contribution in [-0.2, 0) is 4.79 Å². The summed E-state index contributed by atoms with van der Waals surface area (Å²) >= 11 is 0. The molecule has 0 saturated carbocycles. The maximum absolute atomic E-state index is 12.7. The Morgan fingerprint density at radius 2 is 1.35 bits per heavy atom. The van der Waals surface area contributed by atoms with Crippen molar-refractivity contribution in [2.24, 2.45) is 0 Å². The highest BCUT2D eigenvalue weighted by molar-refractivity contribution is 6.21. The zero-order valence-electron chi connectivity index (χ0n) is 17.5. The molecule has 2 heterocycles. The van der Waals surface area contributed by atoms with Gasteiger partial charge < -0.3 is 9.80 Å². The minimum absolute atomic E-state index is 0.00387. The summed E-state index contributed by atoms with van der Waals surface area (Å²) in [5.74, 6) is -0.608. The van der Waals surface area contributed by atoms with E-state index >= 15 is 0 Å². The van der Waals surface area contributed by atoms with Gasteiger partial charge in [0.2, 0.25) is 5.91 Å². The quantitative estimate of drug-likeness (QED) is 0.697. The average molecular weight is 419 g/mol. The van der Waals surface area contributed by atoms with Gasteiger partial charge in [-0.1, -0.05) is 30.3 Å². The summed E-state index contributed by atoms with van der Waals surface area (Å²) in [4.78, 5) is 54.9. The lowest BCUT2D eigenvalue weighted by Crippen LogP contribution is -2.50. The van der Waals surface area contributed by atoms with Gasteiger partial charge >= 0.3 is 0 Å². The molecule has 160 valence electrons. The van der Waals surface area contributed by atoms with E-state index in [2.05, 4.69) is 0 Å². The summed E-state index contributed by atoms with van der Waals surface area (Å²) in [5, 5.41) is 0. The zero-order valence-corrected chi connectivity index (χ0v) is 17.5. The number of fused-ring (bicyclic) bond motifs is 1. The molecule has 0 N–H and O–H groups in total. The number of amides is 4. The smallest absolute Gasteiger partial charge is 0.261 e. The van der Waals surface area contributed by atoms with Crippen LogP contribution >= 0.6 is 0 Å². The van der Waals surface area contributed by atoms with Crippen molar-refractivity contribution in [3.05, 3.63) is 70.8 Å². The molecule has 7 heteroatoms. The van der Waals surface area contributed by atoms with E-state index < -0.39 is 0 Å². The second kappa shape index (κ2) is 8.71. The first-order chi connectivity index (χ1) is 15.0. The second-order valence-corrected chi connectivity index (χ2v) is 7.90. The van der Waals surface area contributed by atoms with Crippen molar-refractivity contribution in [1.29, 1.82) is 0 Å². The number of aryl methyl sites for hydroxylation is 1. The first kappa shape index (κ1) is 20.8. The molecule has 0 aliphatic carbocycles. The van der Waals surface area contributed by atoms with Crippen molar-refractivity contribution < 1.29 is 19.2 Å². The number of hydrogen-bond donors (Lipinski definition) is 0. The third kappa shape index (κ3) is 4.08. The van der Waals surface area contributed by atoms with Crippen LogP contribution < -0.4 is 0 Å². The molecule has 2 aromatic rings. The van der Waals surface area contributed by atoms with Crippen LogP contribution in [0.2, 0.25) is 0 Å². The molecule has 7 nitrogen and oxygen atoms in total. The van der Waals surface area contributed by atoms with Crippen LogP contribution in [0.5, 0.6) is 0 Å². The summed E-state index contributed by atoms with van der Waals surface area (Å²) < 4.78 is 0. The molecule has 1 saturated heterocycles. The van der Waals surface area contributed by atoms with E-state index in [0.29, 0.717) is 49.3 Å². The maximum atomic E-state index is 12.7. The van der Waals surface area contributed by atoms with Crippen LogP contribution in [-0.4, -0.2) is 71.1 Å². The third-order valence-corrected chi connectivity index (χ3v) is 5.95. The van der Waals surface area contributed by atoms with Crippen molar-refractivity contribution in [3.63, 3.8) is 0 Å². The first-order valence-electron chi connectivity index (χ1n) is 10.6. The lowest BCUT2D eigenvalue weighted by molar-refractivity contribution is -0.132. The van der Waals surface area contributed by atoms with Crippen molar-refractivity contribution in [2.45, 2.75) is 19.8 Å². The van der Waals surface area contributed by atoms with Crippen molar-refractivity contribution in [2.75, 3.05) is 32.7 Å². The minimum atomic E-state index is -0.295. The lowest BCUT2D eigenvalue weighted by atomic mass is 10.1. The Hall–Kier alpha value is -3.48. The van der Waals surface area contributed by atoms with E-state index in [9.17, 15) is 19.2 Å². The molecule has 1 fully saturated rings. The van der Waals surface area contributed by atoms with Gasteiger partial charge in [-0.05, 0) is 37.1 Å². The van der Waals surface area contributed by atoms with E-state index in [1.165, 1.54) is 4.90 Å². The van der Waals surface area contributed by atoms with E-state index in [4.69, 9.17) is 0 Å². The van der Waals surface area contributed by atoms with Gasteiger partial charge in [-0.2, -0.15) is 0 Å². The number of piperazine rings is 1. The molecule has 0 atom stereocenters. The fourth-order valence-corrected chi connectivity index (χ4v) is 4.13. The summed E-state index contributed by atoms with van der Waals surface area (Å²) in [6, 6.07) is 14.3. The monoisotopic (exact) mass is 419 g/mol.